The van der Waals surface area contributed by atoms with Gasteiger partial charge in [-0.3, -0.25) is 4.79 Å². The van der Waals surface area contributed by atoms with Gasteiger partial charge in [0, 0.05) is 5.02 Å². The lowest BCUT2D eigenvalue weighted by molar-refractivity contribution is -0.122. The predicted molar refractivity (Wildman–Crippen MR) is 78.6 cm³/mol. The van der Waals surface area contributed by atoms with E-state index in [1.807, 2.05) is 6.92 Å². The molecule has 6 nitrogen and oxygen atoms in total. The molecule has 0 saturated heterocycles. The second kappa shape index (κ2) is 5.37. The first-order chi connectivity index (χ1) is 10.1. The van der Waals surface area contributed by atoms with Gasteiger partial charge in [-0.05, 0) is 32.0 Å². The van der Waals surface area contributed by atoms with E-state index < -0.39 is 6.04 Å². The Bertz CT molecular complexity index is 659. The van der Waals surface area contributed by atoms with Crippen LogP contribution in [0.2, 0.25) is 5.02 Å². The number of aromatic nitrogens is 3. The largest absolute Gasteiger partial charge is 0.487 e. The van der Waals surface area contributed by atoms with Crippen LogP contribution in [-0.4, -0.2) is 33.3 Å². The maximum absolute atomic E-state index is 12.8. The van der Waals surface area contributed by atoms with Crippen LogP contribution in [0.4, 0.5) is 5.69 Å². The van der Waals surface area contributed by atoms with Gasteiger partial charge >= 0.3 is 0 Å². The van der Waals surface area contributed by atoms with E-state index in [0.717, 1.165) is 0 Å². The molecule has 7 heteroatoms. The second-order valence-corrected chi connectivity index (χ2v) is 5.48. The van der Waals surface area contributed by atoms with Crippen LogP contribution in [0.5, 0.6) is 5.75 Å². The molecule has 1 aliphatic rings. The average Bonchev–Trinajstić information content (AvgIpc) is 2.99. The fourth-order valence-electron chi connectivity index (χ4n) is 2.38. The summed E-state index contributed by atoms with van der Waals surface area (Å²) in [6, 6.07) is 4.84. The summed E-state index contributed by atoms with van der Waals surface area (Å²) < 4.78 is 7.28. The topological polar surface area (TPSA) is 60.2 Å². The van der Waals surface area contributed by atoms with E-state index in [2.05, 4.69) is 10.1 Å². The number of amides is 1. The quantitative estimate of drug-likeness (QED) is 0.854. The van der Waals surface area contributed by atoms with Crippen molar-refractivity contribution < 1.29 is 9.53 Å². The van der Waals surface area contributed by atoms with Crippen molar-refractivity contribution in [2.75, 3.05) is 11.4 Å². The zero-order chi connectivity index (χ0) is 15.0. The third-order valence-corrected chi connectivity index (χ3v) is 3.67. The van der Waals surface area contributed by atoms with Gasteiger partial charge < -0.3 is 9.64 Å². The molecule has 0 bridgehead atoms. The number of fused-ring (bicyclic) bond motifs is 1. The van der Waals surface area contributed by atoms with Gasteiger partial charge in [0.05, 0.1) is 12.2 Å². The van der Waals surface area contributed by atoms with E-state index in [4.69, 9.17) is 16.3 Å². The van der Waals surface area contributed by atoms with Gasteiger partial charge in [-0.2, -0.15) is 5.10 Å². The molecular weight excluding hydrogens is 292 g/mol. The number of anilines is 1. The molecule has 0 N–H and O–H groups in total. The Labute approximate surface area is 127 Å². The van der Waals surface area contributed by atoms with E-state index in [0.29, 0.717) is 23.0 Å². The predicted octanol–water partition coefficient (Wildman–Crippen LogP) is 2.31. The van der Waals surface area contributed by atoms with Crippen LogP contribution in [-0.2, 0) is 4.79 Å². The van der Waals surface area contributed by atoms with Crippen molar-refractivity contribution >= 4 is 23.2 Å². The molecule has 0 unspecified atom stereocenters. The second-order valence-electron chi connectivity index (χ2n) is 5.04. The van der Waals surface area contributed by atoms with Crippen molar-refractivity contribution in [3.05, 3.63) is 35.9 Å². The van der Waals surface area contributed by atoms with Gasteiger partial charge in [0.2, 0.25) is 0 Å². The molecule has 1 aromatic heterocycles. The first-order valence-electron chi connectivity index (χ1n) is 6.68. The Morgan fingerprint density at radius 1 is 1.52 bits per heavy atom. The van der Waals surface area contributed by atoms with Crippen molar-refractivity contribution in [3.8, 4) is 5.75 Å². The summed E-state index contributed by atoms with van der Waals surface area (Å²) >= 11 is 6.04. The number of hydrogen-bond acceptors (Lipinski definition) is 4. The molecule has 0 aliphatic carbocycles. The zero-order valence-electron chi connectivity index (χ0n) is 11.7. The monoisotopic (exact) mass is 306 g/mol. The molecule has 0 radical (unpaired) electrons. The number of benzene rings is 1. The highest BCUT2D eigenvalue weighted by Crippen LogP contribution is 2.36. The minimum Gasteiger partial charge on any atom is -0.487 e. The smallest absolute Gasteiger partial charge is 0.251 e. The fourth-order valence-corrected chi connectivity index (χ4v) is 2.54. The van der Waals surface area contributed by atoms with Crippen LogP contribution in [0.25, 0.3) is 0 Å². The molecule has 2 atom stereocenters. The molecule has 3 rings (SSSR count). The molecular formula is C14H15ClN4O2. The molecule has 2 aromatic rings. The van der Waals surface area contributed by atoms with Crippen molar-refractivity contribution in [1.29, 1.82) is 0 Å². The van der Waals surface area contributed by atoms with E-state index in [9.17, 15) is 4.79 Å². The van der Waals surface area contributed by atoms with Crippen LogP contribution in [0, 0.1) is 0 Å². The summed E-state index contributed by atoms with van der Waals surface area (Å²) in [7, 11) is 0. The van der Waals surface area contributed by atoms with Gasteiger partial charge in [-0.15, -0.1) is 0 Å². The Morgan fingerprint density at radius 2 is 2.33 bits per heavy atom. The first kappa shape index (κ1) is 13.9. The number of hydrogen-bond donors (Lipinski definition) is 0. The number of carbonyl (C=O) groups excluding carboxylic acids is 1. The molecule has 1 aliphatic heterocycles. The SMILES string of the molecule is C[C@@H]1CN(C(=O)[C@H](C)n2cncn2)c2cc(Cl)ccc2O1. The van der Waals surface area contributed by atoms with Gasteiger partial charge in [0.15, 0.2) is 0 Å². The molecule has 110 valence electrons. The van der Waals surface area contributed by atoms with Gasteiger partial charge in [-0.1, -0.05) is 11.6 Å². The van der Waals surface area contributed by atoms with E-state index in [1.165, 1.54) is 17.3 Å². The number of carbonyl (C=O) groups is 1. The molecule has 21 heavy (non-hydrogen) atoms. The summed E-state index contributed by atoms with van der Waals surface area (Å²) in [5.74, 6) is 0.594. The van der Waals surface area contributed by atoms with Gasteiger partial charge in [-0.25, -0.2) is 9.67 Å². The number of rotatable bonds is 2. The first-order valence-corrected chi connectivity index (χ1v) is 7.05. The fraction of sp³-hybridized carbons (Fsp3) is 0.357. The standard InChI is InChI=1S/C14H15ClN4O2/c1-9-6-18(12-5-11(15)3-4-13(12)21-9)14(20)10(2)19-8-16-7-17-19/h3-5,7-10H,6H2,1-2H3/t9-,10+/m1/s1. The highest BCUT2D eigenvalue weighted by atomic mass is 35.5. The maximum Gasteiger partial charge on any atom is 0.251 e. The van der Waals surface area contributed by atoms with Crippen LogP contribution in [0.1, 0.15) is 19.9 Å². The number of nitrogens with zero attached hydrogens (tertiary/aromatic N) is 4. The Balaban J connectivity index is 1.95. The van der Waals surface area contributed by atoms with Crippen LogP contribution in [0.3, 0.4) is 0 Å². The summed E-state index contributed by atoms with van der Waals surface area (Å²) in [6.07, 6.45) is 2.87. The molecule has 1 amide bonds. The van der Waals surface area contributed by atoms with Crippen LogP contribution < -0.4 is 9.64 Å². The summed E-state index contributed by atoms with van der Waals surface area (Å²) in [5, 5.41) is 4.59. The van der Waals surface area contributed by atoms with Crippen LogP contribution >= 0.6 is 11.6 Å². The highest BCUT2D eigenvalue weighted by Gasteiger charge is 2.31. The van der Waals surface area contributed by atoms with Crippen molar-refractivity contribution in [1.82, 2.24) is 14.8 Å². The third-order valence-electron chi connectivity index (χ3n) is 3.44. The van der Waals surface area contributed by atoms with E-state index in [1.54, 1.807) is 30.0 Å². The normalized spacial score (nSPS) is 18.8. The minimum atomic E-state index is -0.440. The average molecular weight is 307 g/mol. The maximum atomic E-state index is 12.8. The minimum absolute atomic E-state index is 0.0702. The van der Waals surface area contributed by atoms with Crippen LogP contribution in [0.15, 0.2) is 30.9 Å². The lowest BCUT2D eigenvalue weighted by atomic mass is 10.1. The highest BCUT2D eigenvalue weighted by molar-refractivity contribution is 6.31. The summed E-state index contributed by atoms with van der Waals surface area (Å²) in [5.41, 5.74) is 0.692. The molecule has 0 saturated carbocycles. The summed E-state index contributed by atoms with van der Waals surface area (Å²) in [4.78, 5) is 18.3. The molecule has 1 aromatic carbocycles. The zero-order valence-corrected chi connectivity index (χ0v) is 12.5. The Morgan fingerprint density at radius 3 is 3.05 bits per heavy atom. The van der Waals surface area contributed by atoms with Crippen molar-refractivity contribution in [2.45, 2.75) is 26.0 Å². The number of ether oxygens (including phenoxy) is 1. The van der Waals surface area contributed by atoms with Crippen molar-refractivity contribution in [2.24, 2.45) is 0 Å². The third kappa shape index (κ3) is 2.58. The Kier molecular flexibility index (Phi) is 3.55. The van der Waals surface area contributed by atoms with Crippen molar-refractivity contribution in [3.63, 3.8) is 0 Å². The van der Waals surface area contributed by atoms with Gasteiger partial charge in [0.1, 0.15) is 30.5 Å². The van der Waals surface area contributed by atoms with Gasteiger partial charge in [0.25, 0.3) is 5.91 Å². The number of halogens is 1. The van der Waals surface area contributed by atoms with E-state index in [-0.39, 0.29) is 12.0 Å². The lowest BCUT2D eigenvalue weighted by Crippen LogP contribution is -2.45. The molecule has 2 heterocycles. The molecule has 0 spiro atoms. The molecule has 0 fully saturated rings. The lowest BCUT2D eigenvalue weighted by Gasteiger charge is -2.34. The Hall–Kier alpha value is -2.08. The van der Waals surface area contributed by atoms with E-state index >= 15 is 0 Å². The summed E-state index contributed by atoms with van der Waals surface area (Å²) in [6.45, 7) is 4.20.